The minimum Gasteiger partial charge on any atom is -0.482 e. The van der Waals surface area contributed by atoms with Crippen molar-refractivity contribution >= 4 is 11.6 Å². The number of ether oxygens (including phenoxy) is 1. The lowest BCUT2D eigenvalue weighted by Crippen LogP contribution is -2.29. The summed E-state index contributed by atoms with van der Waals surface area (Å²) in [6.07, 6.45) is 0. The van der Waals surface area contributed by atoms with Crippen LogP contribution in [0.2, 0.25) is 5.02 Å². The van der Waals surface area contributed by atoms with Crippen molar-refractivity contribution in [2.24, 2.45) is 0 Å². The van der Waals surface area contributed by atoms with Gasteiger partial charge in [-0.2, -0.15) is 0 Å². The van der Waals surface area contributed by atoms with Crippen molar-refractivity contribution < 1.29 is 4.74 Å². The van der Waals surface area contributed by atoms with Crippen LogP contribution in [0.15, 0.2) is 42.5 Å². The largest absolute Gasteiger partial charge is 0.482 e. The zero-order valence-electron chi connectivity index (χ0n) is 9.83. The van der Waals surface area contributed by atoms with Crippen LogP contribution in [0.5, 0.6) is 5.75 Å². The molecule has 0 N–H and O–H groups in total. The van der Waals surface area contributed by atoms with E-state index in [9.17, 15) is 0 Å². The van der Waals surface area contributed by atoms with Crippen molar-refractivity contribution in [2.75, 3.05) is 0 Å². The van der Waals surface area contributed by atoms with Gasteiger partial charge in [-0.05, 0) is 31.5 Å². The van der Waals surface area contributed by atoms with Crippen molar-refractivity contribution in [3.8, 4) is 16.9 Å². The standard InChI is InChI=1S/C15H13ClO/c1-15(2)11-7-4-3-6-10(11)14-12(16)8-5-9-13(14)17-15/h3-9H,1-2H3. The summed E-state index contributed by atoms with van der Waals surface area (Å²) >= 11 is 6.28. The van der Waals surface area contributed by atoms with Gasteiger partial charge in [0.05, 0.1) is 5.02 Å². The van der Waals surface area contributed by atoms with E-state index < -0.39 is 0 Å². The fourth-order valence-corrected chi connectivity index (χ4v) is 2.67. The van der Waals surface area contributed by atoms with Crippen LogP contribution >= 0.6 is 11.6 Å². The van der Waals surface area contributed by atoms with Gasteiger partial charge in [-0.3, -0.25) is 0 Å². The molecular weight excluding hydrogens is 232 g/mol. The van der Waals surface area contributed by atoms with E-state index in [0.717, 1.165) is 16.3 Å². The summed E-state index contributed by atoms with van der Waals surface area (Å²) in [5.41, 5.74) is 3.04. The third-order valence-electron chi connectivity index (χ3n) is 3.19. The fraction of sp³-hybridized carbons (Fsp3) is 0.200. The molecule has 2 aromatic carbocycles. The van der Waals surface area contributed by atoms with Gasteiger partial charge in [-0.1, -0.05) is 41.9 Å². The summed E-state index contributed by atoms with van der Waals surface area (Å²) in [6, 6.07) is 14.1. The SMILES string of the molecule is CC1(C)Oc2cccc(Cl)c2-c2ccccc21. The monoisotopic (exact) mass is 244 g/mol. The highest BCUT2D eigenvalue weighted by molar-refractivity contribution is 6.33. The Balaban J connectivity index is 2.37. The molecule has 0 aromatic heterocycles. The van der Waals surface area contributed by atoms with Crippen LogP contribution in [0.4, 0.5) is 0 Å². The van der Waals surface area contributed by atoms with Crippen LogP contribution in [-0.2, 0) is 5.60 Å². The summed E-state index contributed by atoms with van der Waals surface area (Å²) in [5.74, 6) is 0.862. The number of hydrogen-bond donors (Lipinski definition) is 0. The highest BCUT2D eigenvalue weighted by Gasteiger charge is 2.32. The number of rotatable bonds is 0. The second kappa shape index (κ2) is 3.51. The third-order valence-corrected chi connectivity index (χ3v) is 3.50. The maximum Gasteiger partial charge on any atom is 0.129 e. The first kappa shape index (κ1) is 10.7. The zero-order valence-corrected chi connectivity index (χ0v) is 10.6. The minimum absolute atomic E-state index is 0.311. The van der Waals surface area contributed by atoms with E-state index in [4.69, 9.17) is 16.3 Å². The molecule has 0 spiro atoms. The average molecular weight is 245 g/mol. The van der Waals surface area contributed by atoms with Gasteiger partial charge in [0.15, 0.2) is 0 Å². The van der Waals surface area contributed by atoms with E-state index in [2.05, 4.69) is 26.0 Å². The van der Waals surface area contributed by atoms with Gasteiger partial charge in [0.2, 0.25) is 0 Å². The van der Waals surface area contributed by atoms with Crippen molar-refractivity contribution in [1.82, 2.24) is 0 Å². The Morgan fingerprint density at radius 2 is 1.76 bits per heavy atom. The zero-order chi connectivity index (χ0) is 12.0. The first-order valence-electron chi connectivity index (χ1n) is 5.67. The first-order valence-corrected chi connectivity index (χ1v) is 6.05. The predicted octanol–water partition coefficient (Wildman–Crippen LogP) is 4.63. The van der Waals surface area contributed by atoms with Crippen molar-refractivity contribution in [2.45, 2.75) is 19.4 Å². The lowest BCUT2D eigenvalue weighted by Gasteiger charge is -2.35. The molecule has 1 heterocycles. The molecule has 0 saturated carbocycles. The maximum absolute atomic E-state index is 6.28. The predicted molar refractivity (Wildman–Crippen MR) is 70.5 cm³/mol. The molecule has 17 heavy (non-hydrogen) atoms. The molecule has 0 fully saturated rings. The van der Waals surface area contributed by atoms with Crippen molar-refractivity contribution in [1.29, 1.82) is 0 Å². The van der Waals surface area contributed by atoms with Crippen LogP contribution in [0.3, 0.4) is 0 Å². The van der Waals surface area contributed by atoms with Crippen LogP contribution in [0.1, 0.15) is 19.4 Å². The van der Waals surface area contributed by atoms with Gasteiger partial charge >= 0.3 is 0 Å². The van der Waals surface area contributed by atoms with E-state index in [-0.39, 0.29) is 5.60 Å². The normalized spacial score (nSPS) is 15.7. The molecule has 2 heteroatoms. The smallest absolute Gasteiger partial charge is 0.129 e. The lowest BCUT2D eigenvalue weighted by atomic mass is 9.86. The Kier molecular flexibility index (Phi) is 2.20. The van der Waals surface area contributed by atoms with Crippen LogP contribution in [-0.4, -0.2) is 0 Å². The highest BCUT2D eigenvalue weighted by Crippen LogP contribution is 2.47. The Morgan fingerprint density at radius 1 is 1.00 bits per heavy atom. The summed E-state index contributed by atoms with van der Waals surface area (Å²) in [7, 11) is 0. The summed E-state index contributed by atoms with van der Waals surface area (Å²) < 4.78 is 6.04. The third kappa shape index (κ3) is 1.54. The second-order valence-electron chi connectivity index (χ2n) is 4.77. The molecule has 0 unspecified atom stereocenters. The van der Waals surface area contributed by atoms with Gasteiger partial charge in [-0.15, -0.1) is 0 Å². The quantitative estimate of drug-likeness (QED) is 0.656. The molecular formula is C15H13ClO. The number of hydrogen-bond acceptors (Lipinski definition) is 1. The first-order chi connectivity index (χ1) is 8.09. The minimum atomic E-state index is -0.311. The van der Waals surface area contributed by atoms with E-state index >= 15 is 0 Å². The molecule has 0 amide bonds. The van der Waals surface area contributed by atoms with Gasteiger partial charge in [0, 0.05) is 11.1 Å². The van der Waals surface area contributed by atoms with Crippen LogP contribution in [0, 0.1) is 0 Å². The Hall–Kier alpha value is -1.47. The lowest BCUT2D eigenvalue weighted by molar-refractivity contribution is 0.106. The molecule has 1 aliphatic heterocycles. The molecule has 0 radical (unpaired) electrons. The number of halogens is 1. The summed E-state index contributed by atoms with van der Waals surface area (Å²) in [5, 5.41) is 0.741. The second-order valence-corrected chi connectivity index (χ2v) is 5.18. The number of fused-ring (bicyclic) bond motifs is 3. The molecule has 86 valence electrons. The van der Waals surface area contributed by atoms with Gasteiger partial charge < -0.3 is 4.74 Å². The van der Waals surface area contributed by atoms with Crippen LogP contribution in [0.25, 0.3) is 11.1 Å². The van der Waals surface area contributed by atoms with Crippen molar-refractivity contribution in [3.63, 3.8) is 0 Å². The Morgan fingerprint density at radius 3 is 2.59 bits per heavy atom. The van der Waals surface area contributed by atoms with Gasteiger partial charge in [-0.25, -0.2) is 0 Å². The molecule has 1 aliphatic rings. The van der Waals surface area contributed by atoms with Gasteiger partial charge in [0.1, 0.15) is 11.4 Å². The fourth-order valence-electron chi connectivity index (χ4n) is 2.41. The molecule has 0 aliphatic carbocycles. The Bertz CT molecular complexity index is 587. The van der Waals surface area contributed by atoms with Crippen LogP contribution < -0.4 is 4.74 Å². The summed E-state index contributed by atoms with van der Waals surface area (Å²) in [6.45, 7) is 4.16. The molecule has 1 nitrogen and oxygen atoms in total. The molecule has 2 aromatic rings. The van der Waals surface area contributed by atoms with Crippen molar-refractivity contribution in [3.05, 3.63) is 53.1 Å². The Labute approximate surface area is 106 Å². The van der Waals surface area contributed by atoms with E-state index in [1.165, 1.54) is 11.1 Å². The molecule has 0 saturated heterocycles. The van der Waals surface area contributed by atoms with Gasteiger partial charge in [0.25, 0.3) is 0 Å². The summed E-state index contributed by atoms with van der Waals surface area (Å²) in [4.78, 5) is 0. The maximum atomic E-state index is 6.28. The average Bonchev–Trinajstić information content (AvgIpc) is 2.28. The topological polar surface area (TPSA) is 9.23 Å². The molecule has 0 bridgehead atoms. The molecule has 0 atom stereocenters. The van der Waals surface area contributed by atoms with E-state index in [0.29, 0.717) is 0 Å². The van der Waals surface area contributed by atoms with E-state index in [1.807, 2.05) is 30.3 Å². The highest BCUT2D eigenvalue weighted by atomic mass is 35.5. The number of benzene rings is 2. The molecule has 3 rings (SSSR count). The van der Waals surface area contributed by atoms with E-state index in [1.54, 1.807) is 0 Å².